The normalized spacial score (nSPS) is 11.3. The van der Waals surface area contributed by atoms with E-state index in [9.17, 15) is 19.2 Å². The molecule has 0 heterocycles. The highest BCUT2D eigenvalue weighted by Gasteiger charge is 2.17. The predicted molar refractivity (Wildman–Crippen MR) is 162 cm³/mol. The molecule has 2 aromatic carbocycles. The number of rotatable bonds is 13. The molecule has 2 aromatic rings. The zero-order valence-corrected chi connectivity index (χ0v) is 25.7. The molecule has 0 aliphatic carbocycles. The van der Waals surface area contributed by atoms with Gasteiger partial charge in [0.1, 0.15) is 11.2 Å². The molecule has 0 aliphatic heterocycles. The Labute approximate surface area is 249 Å². The lowest BCUT2D eigenvalue weighted by atomic mass is 10.1. The van der Waals surface area contributed by atoms with Crippen molar-refractivity contribution in [2.75, 3.05) is 13.1 Å². The molecule has 0 unspecified atom stereocenters. The van der Waals surface area contributed by atoms with Crippen molar-refractivity contribution in [3.05, 3.63) is 70.8 Å². The van der Waals surface area contributed by atoms with Crippen molar-refractivity contribution in [3.8, 4) is 0 Å². The predicted octanol–water partition coefficient (Wildman–Crippen LogP) is 5.46. The van der Waals surface area contributed by atoms with E-state index in [4.69, 9.17) is 9.47 Å². The Morgan fingerprint density at radius 1 is 0.524 bits per heavy atom. The average molecular weight is 583 g/mol. The van der Waals surface area contributed by atoms with Gasteiger partial charge in [-0.3, -0.25) is 9.59 Å². The number of unbranched alkanes of at least 4 members (excludes halogenated alkanes) is 3. The topological polar surface area (TPSA) is 135 Å². The first-order valence-electron chi connectivity index (χ1n) is 14.4. The van der Waals surface area contributed by atoms with Gasteiger partial charge in [0, 0.05) is 37.3 Å². The Morgan fingerprint density at radius 3 is 1.17 bits per heavy atom. The van der Waals surface area contributed by atoms with E-state index in [1.165, 1.54) is 0 Å². The second kappa shape index (κ2) is 16.4. The maximum atomic E-state index is 12.4. The molecule has 4 N–H and O–H groups in total. The molecule has 10 heteroatoms. The SMILES string of the molecule is CC(C)(C)OC(=O)NCc1ccc(C(=O)NCCCCCCNC(=O)c2ccc(CNC(=O)OC(C)(C)C)cc2)cc1. The number of alkyl carbamates (subject to hydrolysis) is 2. The fraction of sp³-hybridized carbons (Fsp3) is 0.500. The van der Waals surface area contributed by atoms with Crippen LogP contribution >= 0.6 is 0 Å². The number of ether oxygens (including phenoxy) is 2. The number of hydrogen-bond acceptors (Lipinski definition) is 6. The summed E-state index contributed by atoms with van der Waals surface area (Å²) in [6, 6.07) is 14.2. The summed E-state index contributed by atoms with van der Waals surface area (Å²) in [4.78, 5) is 48.3. The zero-order chi connectivity index (χ0) is 31.2. The molecule has 2 rings (SSSR count). The first kappa shape index (κ1) is 34.1. The standard InChI is InChI=1S/C32H46N4O6/c1-31(2,3)41-29(39)35-21-23-11-15-25(16-12-23)27(37)33-19-9-7-8-10-20-34-28(38)26-17-13-24(14-18-26)22-36-30(40)42-32(4,5)6/h11-18H,7-10,19-22H2,1-6H3,(H,33,37)(H,34,38)(H,35,39)(H,36,40). The summed E-state index contributed by atoms with van der Waals surface area (Å²) in [5.41, 5.74) is 1.75. The monoisotopic (exact) mass is 582 g/mol. The van der Waals surface area contributed by atoms with Crippen LogP contribution in [0.2, 0.25) is 0 Å². The van der Waals surface area contributed by atoms with Crippen molar-refractivity contribution < 1.29 is 28.7 Å². The van der Waals surface area contributed by atoms with E-state index in [2.05, 4.69) is 21.3 Å². The van der Waals surface area contributed by atoms with Crippen molar-refractivity contribution in [2.24, 2.45) is 0 Å². The number of carbonyl (C=O) groups is 4. The number of nitrogens with one attached hydrogen (secondary N) is 4. The van der Waals surface area contributed by atoms with Crippen LogP contribution in [0.3, 0.4) is 0 Å². The third-order valence-electron chi connectivity index (χ3n) is 5.78. The largest absolute Gasteiger partial charge is 0.444 e. The molecule has 0 bridgehead atoms. The van der Waals surface area contributed by atoms with Gasteiger partial charge in [-0.15, -0.1) is 0 Å². The van der Waals surface area contributed by atoms with Crippen LogP contribution in [0, 0.1) is 0 Å². The second-order valence-corrected chi connectivity index (χ2v) is 12.0. The Bertz CT molecular complexity index is 1070. The minimum Gasteiger partial charge on any atom is -0.444 e. The van der Waals surface area contributed by atoms with Crippen LogP contribution in [0.4, 0.5) is 9.59 Å². The fourth-order valence-electron chi connectivity index (χ4n) is 3.74. The van der Waals surface area contributed by atoms with Gasteiger partial charge >= 0.3 is 12.2 Å². The fourth-order valence-corrected chi connectivity index (χ4v) is 3.74. The summed E-state index contributed by atoms with van der Waals surface area (Å²) in [7, 11) is 0. The molecule has 4 amide bonds. The first-order chi connectivity index (χ1) is 19.7. The Kier molecular flexibility index (Phi) is 13.3. The quantitative estimate of drug-likeness (QED) is 0.232. The lowest BCUT2D eigenvalue weighted by Crippen LogP contribution is -2.32. The summed E-state index contributed by atoms with van der Waals surface area (Å²) in [5, 5.41) is 11.2. The first-order valence-corrected chi connectivity index (χ1v) is 14.4. The van der Waals surface area contributed by atoms with Crippen molar-refractivity contribution in [3.63, 3.8) is 0 Å². The van der Waals surface area contributed by atoms with Gasteiger partial charge in [0.15, 0.2) is 0 Å². The van der Waals surface area contributed by atoms with Crippen molar-refractivity contribution in [1.29, 1.82) is 0 Å². The van der Waals surface area contributed by atoms with Crippen LogP contribution in [-0.4, -0.2) is 48.3 Å². The third kappa shape index (κ3) is 14.5. The van der Waals surface area contributed by atoms with Crippen LogP contribution < -0.4 is 21.3 Å². The van der Waals surface area contributed by atoms with Gasteiger partial charge in [-0.05, 0) is 89.8 Å². The van der Waals surface area contributed by atoms with Crippen LogP contribution in [0.25, 0.3) is 0 Å². The number of amides is 4. The van der Waals surface area contributed by atoms with E-state index >= 15 is 0 Å². The van der Waals surface area contributed by atoms with E-state index in [-0.39, 0.29) is 11.8 Å². The number of hydrogen-bond donors (Lipinski definition) is 4. The number of benzene rings is 2. The summed E-state index contributed by atoms with van der Waals surface area (Å²) in [5.74, 6) is -0.277. The molecular weight excluding hydrogens is 536 g/mol. The highest BCUT2D eigenvalue weighted by Crippen LogP contribution is 2.10. The second-order valence-electron chi connectivity index (χ2n) is 12.0. The van der Waals surface area contributed by atoms with E-state index < -0.39 is 23.4 Å². The average Bonchev–Trinajstić information content (AvgIpc) is 2.90. The van der Waals surface area contributed by atoms with Crippen molar-refractivity contribution >= 4 is 24.0 Å². The van der Waals surface area contributed by atoms with Crippen molar-refractivity contribution in [2.45, 2.75) is 91.5 Å². The van der Waals surface area contributed by atoms with Crippen LogP contribution in [0.5, 0.6) is 0 Å². The molecule has 10 nitrogen and oxygen atoms in total. The van der Waals surface area contributed by atoms with Crippen LogP contribution in [0.15, 0.2) is 48.5 Å². The molecule has 0 saturated heterocycles. The minimum atomic E-state index is -0.553. The molecule has 0 radical (unpaired) electrons. The molecular formula is C32H46N4O6. The maximum absolute atomic E-state index is 12.4. The summed E-state index contributed by atoms with van der Waals surface area (Å²) in [6.07, 6.45) is 2.59. The van der Waals surface area contributed by atoms with Crippen LogP contribution in [-0.2, 0) is 22.6 Å². The van der Waals surface area contributed by atoms with Gasteiger partial charge in [-0.2, -0.15) is 0 Å². The molecule has 0 spiro atoms. The van der Waals surface area contributed by atoms with Gasteiger partial charge in [-0.1, -0.05) is 37.1 Å². The van der Waals surface area contributed by atoms with Gasteiger partial charge in [0.25, 0.3) is 11.8 Å². The smallest absolute Gasteiger partial charge is 0.407 e. The van der Waals surface area contributed by atoms with Crippen molar-refractivity contribution in [1.82, 2.24) is 21.3 Å². The summed E-state index contributed by atoms with van der Waals surface area (Å²) in [6.45, 7) is 12.6. The minimum absolute atomic E-state index is 0.138. The Balaban J connectivity index is 1.56. The lowest BCUT2D eigenvalue weighted by Gasteiger charge is -2.19. The zero-order valence-electron chi connectivity index (χ0n) is 25.7. The highest BCUT2D eigenvalue weighted by atomic mass is 16.6. The molecule has 0 saturated carbocycles. The molecule has 42 heavy (non-hydrogen) atoms. The van der Waals surface area contributed by atoms with E-state index in [0.717, 1.165) is 36.8 Å². The van der Waals surface area contributed by atoms with Gasteiger partial charge in [0.2, 0.25) is 0 Å². The van der Waals surface area contributed by atoms with Crippen LogP contribution in [0.1, 0.15) is 99.1 Å². The molecule has 0 atom stereocenters. The van der Waals surface area contributed by atoms with E-state index in [1.54, 1.807) is 90.1 Å². The molecule has 0 aromatic heterocycles. The number of carbonyl (C=O) groups excluding carboxylic acids is 4. The summed E-state index contributed by atoms with van der Waals surface area (Å²) >= 11 is 0. The van der Waals surface area contributed by atoms with Gasteiger partial charge in [-0.25, -0.2) is 9.59 Å². The lowest BCUT2D eigenvalue weighted by molar-refractivity contribution is 0.0512. The molecule has 0 aliphatic rings. The highest BCUT2D eigenvalue weighted by molar-refractivity contribution is 5.94. The van der Waals surface area contributed by atoms with E-state index in [0.29, 0.717) is 37.3 Å². The van der Waals surface area contributed by atoms with E-state index in [1.807, 2.05) is 0 Å². The Morgan fingerprint density at radius 2 is 0.857 bits per heavy atom. The Hall–Kier alpha value is -4.08. The molecule has 0 fully saturated rings. The maximum Gasteiger partial charge on any atom is 0.407 e. The summed E-state index contributed by atoms with van der Waals surface area (Å²) < 4.78 is 10.4. The van der Waals surface area contributed by atoms with Gasteiger partial charge < -0.3 is 30.7 Å². The van der Waals surface area contributed by atoms with Gasteiger partial charge in [0.05, 0.1) is 0 Å². The third-order valence-corrected chi connectivity index (χ3v) is 5.78. The molecule has 230 valence electrons.